The number of hydrogen-bond donors (Lipinski definition) is 1. The highest BCUT2D eigenvalue weighted by Crippen LogP contribution is 2.34. The van der Waals surface area contributed by atoms with E-state index in [2.05, 4.69) is 15.5 Å². The third kappa shape index (κ3) is 4.76. The van der Waals surface area contributed by atoms with E-state index in [9.17, 15) is 4.79 Å². The maximum absolute atomic E-state index is 12.4. The van der Waals surface area contributed by atoms with Gasteiger partial charge in [-0.3, -0.25) is 10.1 Å². The first-order chi connectivity index (χ1) is 12.4. The van der Waals surface area contributed by atoms with Crippen LogP contribution in [0.4, 0.5) is 5.13 Å². The van der Waals surface area contributed by atoms with E-state index in [0.717, 1.165) is 10.5 Å². The van der Waals surface area contributed by atoms with E-state index in [-0.39, 0.29) is 11.2 Å². The largest absolute Gasteiger partial charge is 0.300 e. The number of nitrogens with zero attached hydrogens (tertiary/aromatic N) is 2. The van der Waals surface area contributed by atoms with Crippen LogP contribution in [0.1, 0.15) is 12.5 Å². The Morgan fingerprint density at radius 2 is 1.88 bits per heavy atom. The van der Waals surface area contributed by atoms with Gasteiger partial charge >= 0.3 is 0 Å². The summed E-state index contributed by atoms with van der Waals surface area (Å²) < 4.78 is 0. The molecule has 1 aromatic heterocycles. The van der Waals surface area contributed by atoms with Crippen molar-refractivity contribution in [3.05, 3.63) is 58.1 Å². The maximum Gasteiger partial charge on any atom is 0.239 e. The Hall–Kier alpha value is -1.60. The van der Waals surface area contributed by atoms with E-state index in [1.807, 2.05) is 38.1 Å². The second kappa shape index (κ2) is 8.39. The lowest BCUT2D eigenvalue weighted by molar-refractivity contribution is -0.115. The van der Waals surface area contributed by atoms with Crippen molar-refractivity contribution in [3.8, 4) is 10.6 Å². The summed E-state index contributed by atoms with van der Waals surface area (Å²) in [6.45, 7) is 3.89. The van der Waals surface area contributed by atoms with Gasteiger partial charge in [0.05, 0.1) is 10.3 Å². The molecule has 0 saturated carbocycles. The van der Waals surface area contributed by atoms with E-state index in [0.29, 0.717) is 20.2 Å². The van der Waals surface area contributed by atoms with Crippen LogP contribution in [0.2, 0.25) is 10.0 Å². The molecule has 26 heavy (non-hydrogen) atoms. The predicted octanol–water partition coefficient (Wildman–Crippen LogP) is 5.94. The number of anilines is 1. The fraction of sp³-hybridized carbons (Fsp3) is 0.167. The van der Waals surface area contributed by atoms with Crippen LogP contribution < -0.4 is 5.32 Å². The molecule has 3 aromatic rings. The first-order valence-corrected chi connectivity index (χ1v) is 10.2. The smallest absolute Gasteiger partial charge is 0.239 e. The number of thioether (sulfide) groups is 1. The van der Waals surface area contributed by atoms with Gasteiger partial charge in [-0.1, -0.05) is 52.2 Å². The summed E-state index contributed by atoms with van der Waals surface area (Å²) in [6.07, 6.45) is 0. The second-order valence-electron chi connectivity index (χ2n) is 5.60. The molecule has 8 heteroatoms. The number of carbonyl (C=O) groups is 1. The molecule has 0 bridgehead atoms. The number of aryl methyl sites for hydroxylation is 1. The average molecular weight is 424 g/mol. The Morgan fingerprint density at radius 3 is 2.58 bits per heavy atom. The minimum absolute atomic E-state index is 0.125. The summed E-state index contributed by atoms with van der Waals surface area (Å²) in [6, 6.07) is 13.2. The molecule has 0 saturated heterocycles. The molecule has 0 fully saturated rings. The zero-order valence-electron chi connectivity index (χ0n) is 14.0. The van der Waals surface area contributed by atoms with Crippen molar-refractivity contribution >= 4 is 57.3 Å². The molecular formula is C18H15Cl2N3OS2. The predicted molar refractivity (Wildman–Crippen MR) is 110 cm³/mol. The number of carbonyl (C=O) groups excluding carboxylic acids is 1. The average Bonchev–Trinajstić information content (AvgIpc) is 3.05. The van der Waals surface area contributed by atoms with Gasteiger partial charge in [-0.2, -0.15) is 0 Å². The van der Waals surface area contributed by atoms with Crippen molar-refractivity contribution < 1.29 is 4.79 Å². The van der Waals surface area contributed by atoms with Crippen molar-refractivity contribution in [2.24, 2.45) is 0 Å². The summed E-state index contributed by atoms with van der Waals surface area (Å²) in [5, 5.41) is 12.8. The molecule has 1 heterocycles. The van der Waals surface area contributed by atoms with Crippen LogP contribution in [0, 0.1) is 6.92 Å². The number of rotatable bonds is 5. The molecule has 1 amide bonds. The number of amides is 1. The summed E-state index contributed by atoms with van der Waals surface area (Å²) in [7, 11) is 0. The molecule has 4 nitrogen and oxygen atoms in total. The number of halogens is 2. The van der Waals surface area contributed by atoms with Crippen molar-refractivity contribution in [3.63, 3.8) is 0 Å². The molecule has 1 N–H and O–H groups in total. The Bertz CT molecular complexity index is 928. The van der Waals surface area contributed by atoms with Crippen molar-refractivity contribution in [2.45, 2.75) is 24.0 Å². The van der Waals surface area contributed by atoms with Crippen LogP contribution in [-0.4, -0.2) is 21.4 Å². The lowest BCUT2D eigenvalue weighted by atomic mass is 10.2. The molecule has 0 spiro atoms. The monoisotopic (exact) mass is 423 g/mol. The van der Waals surface area contributed by atoms with Gasteiger partial charge in [0.15, 0.2) is 5.01 Å². The molecule has 1 atom stereocenters. The molecule has 0 aliphatic rings. The summed E-state index contributed by atoms with van der Waals surface area (Å²) in [5.41, 5.74) is 1.92. The minimum Gasteiger partial charge on any atom is -0.300 e. The fourth-order valence-corrected chi connectivity index (χ4v) is 4.33. The number of benzene rings is 2. The Kier molecular flexibility index (Phi) is 6.19. The second-order valence-corrected chi connectivity index (χ2v) is 8.83. The third-order valence-electron chi connectivity index (χ3n) is 3.52. The summed E-state index contributed by atoms with van der Waals surface area (Å²) in [4.78, 5) is 13.5. The Balaban J connectivity index is 1.66. The lowest BCUT2D eigenvalue weighted by Crippen LogP contribution is -2.22. The Labute approximate surface area is 169 Å². The first kappa shape index (κ1) is 19.2. The topological polar surface area (TPSA) is 54.9 Å². The molecule has 2 aromatic carbocycles. The van der Waals surface area contributed by atoms with Crippen LogP contribution in [0.5, 0.6) is 0 Å². The quantitative estimate of drug-likeness (QED) is 0.515. The number of aromatic nitrogens is 2. The highest BCUT2D eigenvalue weighted by Gasteiger charge is 2.17. The molecule has 0 aliphatic heterocycles. The third-order valence-corrected chi connectivity index (χ3v) is 6.05. The normalized spacial score (nSPS) is 12.0. The SMILES string of the molecule is Cc1ccc(SC(C)C(=O)Nc2nnc(-c3ccc(Cl)cc3Cl)s2)cc1. The molecule has 134 valence electrons. The standard InChI is InChI=1S/C18H15Cl2N3OS2/c1-10-3-6-13(7-4-10)25-11(2)16(24)21-18-23-22-17(26-18)14-8-5-12(19)9-15(14)20/h3-9,11H,1-2H3,(H,21,23,24). The van der Waals surface area contributed by atoms with Gasteiger partial charge in [-0.15, -0.1) is 22.0 Å². The maximum atomic E-state index is 12.4. The highest BCUT2D eigenvalue weighted by molar-refractivity contribution is 8.00. The number of nitrogens with one attached hydrogen (secondary N) is 1. The van der Waals surface area contributed by atoms with E-state index >= 15 is 0 Å². The van der Waals surface area contributed by atoms with E-state index < -0.39 is 0 Å². The van der Waals surface area contributed by atoms with Gasteiger partial charge < -0.3 is 0 Å². The molecule has 0 radical (unpaired) electrons. The van der Waals surface area contributed by atoms with Gasteiger partial charge in [0.2, 0.25) is 11.0 Å². The van der Waals surface area contributed by atoms with Crippen LogP contribution in [0.25, 0.3) is 10.6 Å². The minimum atomic E-state index is -0.260. The van der Waals surface area contributed by atoms with Crippen molar-refractivity contribution in [1.82, 2.24) is 10.2 Å². The molecular weight excluding hydrogens is 409 g/mol. The molecule has 0 aliphatic carbocycles. The summed E-state index contributed by atoms with van der Waals surface area (Å²) in [5.74, 6) is -0.125. The van der Waals surface area contributed by atoms with Crippen molar-refractivity contribution in [1.29, 1.82) is 0 Å². The van der Waals surface area contributed by atoms with E-state index in [1.165, 1.54) is 28.7 Å². The highest BCUT2D eigenvalue weighted by atomic mass is 35.5. The van der Waals surface area contributed by atoms with Gasteiger partial charge in [-0.05, 0) is 44.2 Å². The molecule has 3 rings (SSSR count). The fourth-order valence-electron chi connectivity index (χ4n) is 2.13. The van der Waals surface area contributed by atoms with E-state index in [4.69, 9.17) is 23.2 Å². The van der Waals surface area contributed by atoms with Crippen LogP contribution >= 0.6 is 46.3 Å². The van der Waals surface area contributed by atoms with Gasteiger partial charge in [0.25, 0.3) is 0 Å². The van der Waals surface area contributed by atoms with Crippen LogP contribution in [-0.2, 0) is 4.79 Å². The Morgan fingerprint density at radius 1 is 1.15 bits per heavy atom. The van der Waals surface area contributed by atoms with Crippen LogP contribution in [0.3, 0.4) is 0 Å². The number of hydrogen-bond acceptors (Lipinski definition) is 5. The van der Waals surface area contributed by atoms with Crippen molar-refractivity contribution in [2.75, 3.05) is 5.32 Å². The first-order valence-electron chi connectivity index (χ1n) is 7.75. The zero-order valence-corrected chi connectivity index (χ0v) is 17.1. The lowest BCUT2D eigenvalue weighted by Gasteiger charge is -2.10. The summed E-state index contributed by atoms with van der Waals surface area (Å²) >= 11 is 14.9. The molecule has 1 unspecified atom stereocenters. The van der Waals surface area contributed by atoms with Gasteiger partial charge in [-0.25, -0.2) is 0 Å². The van der Waals surface area contributed by atoms with Crippen LogP contribution in [0.15, 0.2) is 47.4 Å². The zero-order chi connectivity index (χ0) is 18.7. The van der Waals surface area contributed by atoms with Gasteiger partial charge in [0.1, 0.15) is 0 Å². The van der Waals surface area contributed by atoms with Gasteiger partial charge in [0, 0.05) is 15.5 Å². The van der Waals surface area contributed by atoms with E-state index in [1.54, 1.807) is 18.2 Å².